The summed E-state index contributed by atoms with van der Waals surface area (Å²) in [5, 5.41) is 29.2. The molecular weight excluding hydrogens is 322 g/mol. The van der Waals surface area contributed by atoms with Gasteiger partial charge in [0.25, 0.3) is 0 Å². The van der Waals surface area contributed by atoms with E-state index in [1.54, 1.807) is 0 Å². The van der Waals surface area contributed by atoms with Gasteiger partial charge < -0.3 is 15.6 Å². The van der Waals surface area contributed by atoms with E-state index < -0.39 is 5.60 Å². The van der Waals surface area contributed by atoms with Crippen molar-refractivity contribution in [2.45, 2.75) is 57.7 Å². The fourth-order valence-electron chi connectivity index (χ4n) is 4.12. The first-order valence-corrected chi connectivity index (χ1v) is 9.67. The van der Waals surface area contributed by atoms with Crippen LogP contribution in [-0.2, 0) is 12.2 Å². The Balaban J connectivity index is 1.80. The van der Waals surface area contributed by atoms with Crippen molar-refractivity contribution in [1.29, 1.82) is 5.41 Å². The third kappa shape index (κ3) is 3.89. The molecule has 3 nitrogen and oxygen atoms in total. The van der Waals surface area contributed by atoms with E-state index in [2.05, 4.69) is 6.92 Å². The van der Waals surface area contributed by atoms with Gasteiger partial charge in [-0.2, -0.15) is 0 Å². The van der Waals surface area contributed by atoms with Gasteiger partial charge in [-0.3, -0.25) is 0 Å². The molecule has 3 N–H and O–H groups in total. The molecule has 3 heteroatoms. The van der Waals surface area contributed by atoms with Gasteiger partial charge in [-0.25, -0.2) is 0 Å². The molecule has 26 heavy (non-hydrogen) atoms. The Hall–Kier alpha value is -1.97. The SMILES string of the molecule is CCCC(=N)C1CCC(O)(c2ccc(-c3ccccc3)c(CO)c2)CC1. The van der Waals surface area contributed by atoms with Crippen molar-refractivity contribution in [3.05, 3.63) is 59.7 Å². The number of hydrogen-bond acceptors (Lipinski definition) is 3. The number of nitrogens with one attached hydrogen (secondary N) is 1. The minimum absolute atomic E-state index is 0.0437. The Morgan fingerprint density at radius 1 is 1.12 bits per heavy atom. The van der Waals surface area contributed by atoms with E-state index in [9.17, 15) is 10.2 Å². The average molecular weight is 351 g/mol. The molecule has 1 saturated carbocycles. The van der Waals surface area contributed by atoms with Crippen LogP contribution in [0.4, 0.5) is 0 Å². The van der Waals surface area contributed by atoms with E-state index >= 15 is 0 Å². The van der Waals surface area contributed by atoms with Gasteiger partial charge in [0.15, 0.2) is 0 Å². The van der Waals surface area contributed by atoms with Crippen molar-refractivity contribution in [1.82, 2.24) is 0 Å². The molecule has 0 saturated heterocycles. The number of aliphatic hydroxyl groups is 2. The zero-order valence-electron chi connectivity index (χ0n) is 15.5. The van der Waals surface area contributed by atoms with Crippen LogP contribution >= 0.6 is 0 Å². The van der Waals surface area contributed by atoms with Gasteiger partial charge in [0, 0.05) is 5.71 Å². The number of hydrogen-bond donors (Lipinski definition) is 3. The van der Waals surface area contributed by atoms with Gasteiger partial charge in [-0.15, -0.1) is 0 Å². The summed E-state index contributed by atoms with van der Waals surface area (Å²) in [7, 11) is 0. The molecule has 0 bridgehead atoms. The van der Waals surface area contributed by atoms with Gasteiger partial charge in [0.2, 0.25) is 0 Å². The molecule has 138 valence electrons. The highest BCUT2D eigenvalue weighted by atomic mass is 16.3. The Bertz CT molecular complexity index is 746. The summed E-state index contributed by atoms with van der Waals surface area (Å²) in [5.41, 5.74) is 3.82. The van der Waals surface area contributed by atoms with E-state index in [1.165, 1.54) is 0 Å². The Kier molecular flexibility index (Phi) is 5.90. The van der Waals surface area contributed by atoms with Crippen LogP contribution in [0.3, 0.4) is 0 Å². The standard InChI is InChI=1S/C23H29NO2/c1-2-6-22(24)18-11-13-23(26,14-12-18)20-9-10-21(19(15-20)16-25)17-7-4-3-5-8-17/h3-5,7-10,15,18,24-26H,2,6,11-14,16H2,1H3. The molecular formula is C23H29NO2. The summed E-state index contributed by atoms with van der Waals surface area (Å²) < 4.78 is 0. The first kappa shape index (κ1) is 18.8. The molecule has 1 fully saturated rings. The summed E-state index contributed by atoms with van der Waals surface area (Å²) in [4.78, 5) is 0. The van der Waals surface area contributed by atoms with E-state index in [-0.39, 0.29) is 6.61 Å². The van der Waals surface area contributed by atoms with Crippen LogP contribution in [0.25, 0.3) is 11.1 Å². The van der Waals surface area contributed by atoms with Crippen LogP contribution in [0.2, 0.25) is 0 Å². The molecule has 3 rings (SSSR count). The molecule has 0 radical (unpaired) electrons. The lowest BCUT2D eigenvalue weighted by atomic mass is 9.73. The van der Waals surface area contributed by atoms with E-state index in [0.29, 0.717) is 18.8 Å². The quantitative estimate of drug-likeness (QED) is 0.638. The van der Waals surface area contributed by atoms with Crippen molar-refractivity contribution in [2.75, 3.05) is 0 Å². The van der Waals surface area contributed by atoms with Crippen LogP contribution in [0.5, 0.6) is 0 Å². The smallest absolute Gasteiger partial charge is 0.0897 e. The molecule has 0 amide bonds. The highest BCUT2D eigenvalue weighted by Crippen LogP contribution is 2.41. The first-order valence-electron chi connectivity index (χ1n) is 9.67. The zero-order chi connectivity index (χ0) is 18.6. The number of aliphatic hydroxyl groups excluding tert-OH is 1. The largest absolute Gasteiger partial charge is 0.392 e. The van der Waals surface area contributed by atoms with Crippen LogP contribution < -0.4 is 0 Å². The predicted molar refractivity (Wildman–Crippen MR) is 106 cm³/mol. The van der Waals surface area contributed by atoms with Crippen molar-refractivity contribution in [2.24, 2.45) is 5.92 Å². The maximum Gasteiger partial charge on any atom is 0.0897 e. The van der Waals surface area contributed by atoms with Gasteiger partial charge >= 0.3 is 0 Å². The zero-order valence-corrected chi connectivity index (χ0v) is 15.5. The summed E-state index contributed by atoms with van der Waals surface area (Å²) in [6.45, 7) is 2.07. The van der Waals surface area contributed by atoms with E-state index in [0.717, 1.165) is 53.6 Å². The van der Waals surface area contributed by atoms with Crippen LogP contribution in [-0.4, -0.2) is 15.9 Å². The van der Waals surface area contributed by atoms with Crippen molar-refractivity contribution >= 4 is 5.71 Å². The third-order valence-electron chi connectivity index (χ3n) is 5.72. The monoisotopic (exact) mass is 351 g/mol. The molecule has 1 aliphatic rings. The van der Waals surface area contributed by atoms with Gasteiger partial charge in [-0.05, 0) is 60.3 Å². The predicted octanol–water partition coefficient (Wildman–Crippen LogP) is 5.04. The maximum atomic E-state index is 11.2. The molecule has 0 spiro atoms. The maximum absolute atomic E-state index is 11.2. The van der Waals surface area contributed by atoms with E-state index in [1.807, 2.05) is 48.5 Å². The highest BCUT2D eigenvalue weighted by Gasteiger charge is 2.36. The molecule has 2 aromatic carbocycles. The number of rotatable bonds is 6. The van der Waals surface area contributed by atoms with Crippen molar-refractivity contribution in [3.63, 3.8) is 0 Å². The highest BCUT2D eigenvalue weighted by molar-refractivity contribution is 5.83. The van der Waals surface area contributed by atoms with E-state index in [4.69, 9.17) is 5.41 Å². The topological polar surface area (TPSA) is 64.3 Å². The minimum Gasteiger partial charge on any atom is -0.392 e. The fourth-order valence-corrected chi connectivity index (χ4v) is 4.12. The number of benzene rings is 2. The second kappa shape index (κ2) is 8.15. The lowest BCUT2D eigenvalue weighted by Gasteiger charge is -2.37. The van der Waals surface area contributed by atoms with Gasteiger partial charge in [-0.1, -0.05) is 61.9 Å². The lowest BCUT2D eigenvalue weighted by molar-refractivity contribution is -0.00726. The Labute approximate surface area is 156 Å². The lowest BCUT2D eigenvalue weighted by Crippen LogP contribution is -2.33. The molecule has 0 heterocycles. The summed E-state index contributed by atoms with van der Waals surface area (Å²) in [6.07, 6.45) is 4.97. The summed E-state index contributed by atoms with van der Waals surface area (Å²) in [5.74, 6) is 0.316. The average Bonchev–Trinajstić information content (AvgIpc) is 2.69. The van der Waals surface area contributed by atoms with Crippen molar-refractivity contribution < 1.29 is 10.2 Å². The van der Waals surface area contributed by atoms with Crippen LogP contribution in [0.1, 0.15) is 56.6 Å². The molecule has 0 aromatic heterocycles. The molecule has 0 aliphatic heterocycles. The second-order valence-electron chi connectivity index (χ2n) is 7.48. The molecule has 0 atom stereocenters. The van der Waals surface area contributed by atoms with Crippen LogP contribution in [0, 0.1) is 11.3 Å². The normalized spacial score (nSPS) is 23.0. The first-order chi connectivity index (χ1) is 12.6. The van der Waals surface area contributed by atoms with Gasteiger partial charge in [0.1, 0.15) is 0 Å². The molecule has 2 aromatic rings. The van der Waals surface area contributed by atoms with Crippen molar-refractivity contribution in [3.8, 4) is 11.1 Å². The molecule has 1 aliphatic carbocycles. The van der Waals surface area contributed by atoms with Crippen LogP contribution in [0.15, 0.2) is 48.5 Å². The Morgan fingerprint density at radius 3 is 2.42 bits per heavy atom. The fraction of sp³-hybridized carbons (Fsp3) is 0.435. The second-order valence-corrected chi connectivity index (χ2v) is 7.48. The molecule has 0 unspecified atom stereocenters. The Morgan fingerprint density at radius 2 is 1.81 bits per heavy atom. The third-order valence-corrected chi connectivity index (χ3v) is 5.72. The van der Waals surface area contributed by atoms with Gasteiger partial charge in [0.05, 0.1) is 12.2 Å². The summed E-state index contributed by atoms with van der Waals surface area (Å²) in [6, 6.07) is 16.0. The minimum atomic E-state index is -0.845. The summed E-state index contributed by atoms with van der Waals surface area (Å²) >= 11 is 0.